The molecule has 2 aliphatic carbocycles. The quantitative estimate of drug-likeness (QED) is 0.275. The van der Waals surface area contributed by atoms with Gasteiger partial charge in [-0.2, -0.15) is 13.1 Å². The standard InChI is InChI=1S/C30H35F2N7O5S/c1-15-26(20-9-17-7-8-22(39(30(31)32)45(4,41)42)35-28(17)36(20)13-16-5-6-16)34-23-11-18(12-24(44-3)38(15)23)29(40)37-14-19-10-21(43-2)27(37)25(19)33/h7-9,11-12,16,19,21,25,27,30H,5-6,10,13-14,33H2,1-4H3/t19-,21+,25-,27-/m1/s1. The summed E-state index contributed by atoms with van der Waals surface area (Å²) in [6.45, 7) is -0.264. The van der Waals surface area contributed by atoms with Crippen molar-refractivity contribution in [3.05, 3.63) is 41.6 Å². The van der Waals surface area contributed by atoms with E-state index in [1.807, 2.05) is 22.0 Å². The Morgan fingerprint density at radius 3 is 2.56 bits per heavy atom. The molecule has 1 amide bonds. The van der Waals surface area contributed by atoms with Crippen LogP contribution in [0.15, 0.2) is 30.3 Å². The zero-order chi connectivity index (χ0) is 31.9. The lowest BCUT2D eigenvalue weighted by molar-refractivity contribution is 0.0173. The number of rotatable bonds is 9. The lowest BCUT2D eigenvalue weighted by atomic mass is 10.1. The average molecular weight is 644 g/mol. The van der Waals surface area contributed by atoms with Gasteiger partial charge < -0.3 is 24.7 Å². The number of aromatic nitrogens is 4. The zero-order valence-electron chi connectivity index (χ0n) is 25.4. The molecular formula is C30H35F2N7O5S. The number of amides is 1. The topological polar surface area (TPSA) is 137 Å². The molecule has 1 saturated heterocycles. The van der Waals surface area contributed by atoms with Crippen molar-refractivity contribution >= 4 is 38.4 Å². The Morgan fingerprint density at radius 1 is 1.18 bits per heavy atom. The highest BCUT2D eigenvalue weighted by Crippen LogP contribution is 2.41. The Morgan fingerprint density at radius 2 is 1.93 bits per heavy atom. The van der Waals surface area contributed by atoms with Crippen molar-refractivity contribution in [1.29, 1.82) is 0 Å². The van der Waals surface area contributed by atoms with Crippen molar-refractivity contribution in [1.82, 2.24) is 23.8 Å². The number of anilines is 1. The van der Waals surface area contributed by atoms with E-state index in [1.165, 1.54) is 13.2 Å². The third-order valence-electron chi connectivity index (χ3n) is 9.45. The molecule has 0 radical (unpaired) electrons. The molecule has 4 atom stereocenters. The number of pyridine rings is 2. The fraction of sp³-hybridized carbons (Fsp3) is 0.500. The number of nitrogens with zero attached hydrogens (tertiary/aromatic N) is 6. The van der Waals surface area contributed by atoms with Gasteiger partial charge in [0.15, 0.2) is 5.88 Å². The van der Waals surface area contributed by atoms with Gasteiger partial charge in [0.2, 0.25) is 10.0 Å². The van der Waals surface area contributed by atoms with Crippen LogP contribution in [0.3, 0.4) is 0 Å². The number of hydrogen-bond donors (Lipinski definition) is 1. The summed E-state index contributed by atoms with van der Waals surface area (Å²) in [7, 11) is -1.10. The maximum Gasteiger partial charge on any atom is 0.329 e. The summed E-state index contributed by atoms with van der Waals surface area (Å²) in [4.78, 5) is 25.0. The third kappa shape index (κ3) is 4.82. The van der Waals surface area contributed by atoms with Gasteiger partial charge in [0.1, 0.15) is 22.8 Å². The molecule has 4 aromatic heterocycles. The van der Waals surface area contributed by atoms with Crippen LogP contribution in [0, 0.1) is 18.8 Å². The predicted molar refractivity (Wildman–Crippen MR) is 163 cm³/mol. The van der Waals surface area contributed by atoms with Crippen molar-refractivity contribution in [3.63, 3.8) is 0 Å². The summed E-state index contributed by atoms with van der Waals surface area (Å²) in [5.74, 6) is 0.457. The number of hydrogen-bond acceptors (Lipinski definition) is 8. The number of halogens is 2. The number of methoxy groups -OCH3 is 2. The number of nitrogens with two attached hydrogens (primary N) is 1. The number of piperidine rings is 1. The summed E-state index contributed by atoms with van der Waals surface area (Å²) in [5, 5.41) is 0.657. The molecule has 12 nitrogen and oxygen atoms in total. The molecule has 0 aromatic carbocycles. The van der Waals surface area contributed by atoms with E-state index in [9.17, 15) is 22.0 Å². The van der Waals surface area contributed by atoms with Crippen LogP contribution in [0.1, 0.15) is 35.3 Å². The molecule has 45 heavy (non-hydrogen) atoms. The fourth-order valence-corrected chi connectivity index (χ4v) is 7.84. The van der Waals surface area contributed by atoms with E-state index in [1.54, 1.807) is 30.2 Å². The first-order chi connectivity index (χ1) is 21.4. The summed E-state index contributed by atoms with van der Waals surface area (Å²) >= 11 is 0. The van der Waals surface area contributed by atoms with Gasteiger partial charge in [-0.25, -0.2) is 18.4 Å². The Bertz CT molecular complexity index is 1940. The Balaban J connectivity index is 1.33. The van der Waals surface area contributed by atoms with Crippen LogP contribution in [0.4, 0.5) is 14.6 Å². The van der Waals surface area contributed by atoms with Gasteiger partial charge in [0, 0.05) is 43.3 Å². The van der Waals surface area contributed by atoms with Gasteiger partial charge >= 0.3 is 6.55 Å². The molecule has 240 valence electrons. The van der Waals surface area contributed by atoms with Gasteiger partial charge in [-0.1, -0.05) is 0 Å². The van der Waals surface area contributed by atoms with Crippen molar-refractivity contribution in [2.45, 2.75) is 57.5 Å². The molecule has 5 heterocycles. The van der Waals surface area contributed by atoms with Crippen LogP contribution in [-0.2, 0) is 21.3 Å². The van der Waals surface area contributed by atoms with Gasteiger partial charge in [0.05, 0.1) is 36.9 Å². The van der Waals surface area contributed by atoms with E-state index in [2.05, 4.69) is 4.98 Å². The molecule has 2 N–H and O–H groups in total. The second-order valence-electron chi connectivity index (χ2n) is 12.3. The lowest BCUT2D eigenvalue weighted by Crippen LogP contribution is -2.48. The highest BCUT2D eigenvalue weighted by Gasteiger charge is 2.53. The first kappa shape index (κ1) is 29.9. The monoisotopic (exact) mass is 643 g/mol. The van der Waals surface area contributed by atoms with E-state index in [0.29, 0.717) is 58.5 Å². The highest BCUT2D eigenvalue weighted by molar-refractivity contribution is 7.92. The molecule has 3 fully saturated rings. The van der Waals surface area contributed by atoms with Crippen LogP contribution in [-0.4, -0.2) is 89.9 Å². The number of aryl methyl sites for hydroxylation is 1. The number of likely N-dealkylation sites (tertiary alicyclic amines) is 1. The second kappa shape index (κ2) is 10.6. The Kier molecular flexibility index (Phi) is 7.05. The molecule has 0 spiro atoms. The number of alkyl halides is 2. The summed E-state index contributed by atoms with van der Waals surface area (Å²) < 4.78 is 67.2. The molecule has 1 aliphatic heterocycles. The number of ether oxygens (including phenoxy) is 2. The van der Waals surface area contributed by atoms with E-state index in [4.69, 9.17) is 20.2 Å². The highest BCUT2D eigenvalue weighted by atomic mass is 32.2. The number of carbonyl (C=O) groups excluding carboxylic acids is 1. The largest absolute Gasteiger partial charge is 0.482 e. The average Bonchev–Trinajstić information content (AvgIpc) is 3.43. The van der Waals surface area contributed by atoms with Crippen molar-refractivity contribution < 1.29 is 31.5 Å². The van der Waals surface area contributed by atoms with Gasteiger partial charge in [-0.05, 0) is 62.3 Å². The van der Waals surface area contributed by atoms with Crippen LogP contribution >= 0.6 is 0 Å². The molecular weight excluding hydrogens is 608 g/mol. The maximum absolute atomic E-state index is 13.8. The molecule has 2 bridgehead atoms. The first-order valence-corrected chi connectivity index (χ1v) is 16.7. The minimum Gasteiger partial charge on any atom is -0.482 e. The molecule has 3 aliphatic rings. The van der Waals surface area contributed by atoms with E-state index < -0.39 is 16.6 Å². The molecule has 15 heteroatoms. The van der Waals surface area contributed by atoms with Crippen molar-refractivity contribution in [2.75, 3.05) is 31.3 Å². The van der Waals surface area contributed by atoms with Crippen molar-refractivity contribution in [3.8, 4) is 17.3 Å². The first-order valence-electron chi connectivity index (χ1n) is 14.9. The minimum atomic E-state index is -4.28. The number of carbonyl (C=O) groups is 1. The van der Waals surface area contributed by atoms with E-state index >= 15 is 0 Å². The normalized spacial score (nSPS) is 23.2. The van der Waals surface area contributed by atoms with Gasteiger partial charge in [0.25, 0.3) is 5.91 Å². The van der Waals surface area contributed by atoms with Crippen LogP contribution < -0.4 is 14.8 Å². The number of fused-ring (bicyclic) bond motifs is 4. The smallest absolute Gasteiger partial charge is 0.329 e. The van der Waals surface area contributed by atoms with Crippen molar-refractivity contribution in [2.24, 2.45) is 17.6 Å². The van der Waals surface area contributed by atoms with E-state index in [0.717, 1.165) is 31.2 Å². The Labute approximate surface area is 258 Å². The summed E-state index contributed by atoms with van der Waals surface area (Å²) in [6.07, 6.45) is 3.48. The third-order valence-corrected chi connectivity index (χ3v) is 10.5. The van der Waals surface area contributed by atoms with Gasteiger partial charge in [-0.3, -0.25) is 9.20 Å². The van der Waals surface area contributed by atoms with Crippen LogP contribution in [0.2, 0.25) is 0 Å². The van der Waals surface area contributed by atoms with E-state index in [-0.39, 0.29) is 40.1 Å². The maximum atomic E-state index is 13.8. The molecule has 7 rings (SSSR count). The SMILES string of the molecule is COc1cc(C(=O)N2C[C@H]3C[C@H](OC)[C@@H]2[C@@H]3N)cc2nc(-c3cc4ccc(N(C(F)F)S(C)(=O)=O)nc4n3CC3CC3)c(C)n12. The van der Waals surface area contributed by atoms with Crippen LogP contribution in [0.5, 0.6) is 5.88 Å². The molecule has 0 unspecified atom stereocenters. The fourth-order valence-electron chi connectivity index (χ4n) is 7.11. The second-order valence-corrected chi connectivity index (χ2v) is 14.2. The number of sulfonamides is 1. The van der Waals surface area contributed by atoms with Gasteiger partial charge in [-0.15, -0.1) is 0 Å². The molecule has 2 saturated carbocycles. The molecule has 4 aromatic rings. The lowest BCUT2D eigenvalue weighted by Gasteiger charge is -2.32. The minimum absolute atomic E-state index is 0.0219. The summed E-state index contributed by atoms with van der Waals surface area (Å²) in [5.41, 5.74) is 9.80. The summed E-state index contributed by atoms with van der Waals surface area (Å²) in [6, 6.07) is 7.84. The number of imidazole rings is 1. The van der Waals surface area contributed by atoms with Crippen LogP contribution in [0.25, 0.3) is 28.1 Å². The zero-order valence-corrected chi connectivity index (χ0v) is 26.2. The predicted octanol–water partition coefficient (Wildman–Crippen LogP) is 3.25. The Hall–Kier alpha value is -3.82.